The average molecular weight is 378 g/mol. The smallest absolute Gasteiger partial charge is 0.337 e. The molecule has 2 aromatic heterocycles. The first-order chi connectivity index (χ1) is 13.5. The first-order valence-corrected chi connectivity index (χ1v) is 9.02. The van der Waals surface area contributed by atoms with Crippen LogP contribution in [-0.2, 0) is 0 Å². The molecule has 144 valence electrons. The lowest BCUT2D eigenvalue weighted by Gasteiger charge is -2.05. The molecule has 3 rings (SSSR count). The van der Waals surface area contributed by atoms with E-state index in [9.17, 15) is 14.3 Å². The molecule has 0 saturated heterocycles. The minimum absolute atomic E-state index is 0.137. The number of carbonyl (C=O) groups is 1. The molecule has 0 unspecified atom stereocenters. The van der Waals surface area contributed by atoms with Crippen LogP contribution < -0.4 is 0 Å². The van der Waals surface area contributed by atoms with Crippen LogP contribution in [0.1, 0.15) is 36.7 Å². The van der Waals surface area contributed by atoms with Gasteiger partial charge in [0.15, 0.2) is 0 Å². The van der Waals surface area contributed by atoms with Crippen LogP contribution in [-0.4, -0.2) is 20.7 Å². The molecule has 4 nitrogen and oxygen atoms in total. The molecular weight excluding hydrogens is 355 g/mol. The summed E-state index contributed by atoms with van der Waals surface area (Å²) in [5.74, 6) is -1.36. The fourth-order valence-corrected chi connectivity index (χ4v) is 2.80. The highest BCUT2D eigenvalue weighted by Gasteiger charge is 2.18. The van der Waals surface area contributed by atoms with Gasteiger partial charge in [0, 0.05) is 17.3 Å². The third kappa shape index (κ3) is 4.26. The van der Waals surface area contributed by atoms with Crippen molar-refractivity contribution in [3.63, 3.8) is 0 Å². The van der Waals surface area contributed by atoms with Gasteiger partial charge in [-0.1, -0.05) is 44.7 Å². The van der Waals surface area contributed by atoms with Crippen molar-refractivity contribution in [3.05, 3.63) is 90.4 Å². The summed E-state index contributed by atoms with van der Waals surface area (Å²) in [6.45, 7) is 9.66. The second-order valence-corrected chi connectivity index (χ2v) is 5.64. The number of hydrogen-bond acceptors (Lipinski definition) is 2. The van der Waals surface area contributed by atoms with Crippen LogP contribution >= 0.6 is 0 Å². The molecule has 0 amide bonds. The second kappa shape index (κ2) is 9.46. The Morgan fingerprint density at radius 1 is 1.18 bits per heavy atom. The zero-order chi connectivity index (χ0) is 20.7. The fraction of sp³-hybridized carbons (Fsp3) is 0.130. The molecule has 3 aromatic rings. The number of pyridine rings is 1. The van der Waals surface area contributed by atoms with Crippen molar-refractivity contribution < 1.29 is 14.3 Å². The van der Waals surface area contributed by atoms with Crippen LogP contribution in [0.15, 0.2) is 73.5 Å². The summed E-state index contributed by atoms with van der Waals surface area (Å²) < 4.78 is 14.9. The summed E-state index contributed by atoms with van der Waals surface area (Å²) >= 11 is 0. The van der Waals surface area contributed by atoms with Crippen LogP contribution in [0, 0.1) is 5.82 Å². The van der Waals surface area contributed by atoms with Gasteiger partial charge in [-0.05, 0) is 48.9 Å². The lowest BCUT2D eigenvalue weighted by molar-refractivity contribution is 0.0696. The van der Waals surface area contributed by atoms with Gasteiger partial charge in [0.2, 0.25) is 0 Å². The van der Waals surface area contributed by atoms with E-state index in [-0.39, 0.29) is 11.4 Å². The SMILES string of the molecule is C=C/C=C(\C=C/C)c1c(-c2ccc(F)cc2)nn2cc(C(=O)O)ccc12.CC. The van der Waals surface area contributed by atoms with Gasteiger partial charge in [-0.15, -0.1) is 0 Å². The minimum Gasteiger partial charge on any atom is -0.478 e. The third-order valence-corrected chi connectivity index (χ3v) is 3.93. The Balaban J connectivity index is 0.00000136. The number of carboxylic acid groups (broad SMARTS) is 1. The van der Waals surface area contributed by atoms with Crippen molar-refractivity contribution >= 4 is 17.1 Å². The normalized spacial score (nSPS) is 11.4. The van der Waals surface area contributed by atoms with Gasteiger partial charge in [-0.3, -0.25) is 0 Å². The number of hydrogen-bond donors (Lipinski definition) is 1. The van der Waals surface area contributed by atoms with Crippen molar-refractivity contribution in [3.8, 4) is 11.3 Å². The zero-order valence-corrected chi connectivity index (χ0v) is 16.2. The Morgan fingerprint density at radius 2 is 1.86 bits per heavy atom. The van der Waals surface area contributed by atoms with E-state index >= 15 is 0 Å². The van der Waals surface area contributed by atoms with E-state index < -0.39 is 5.97 Å². The highest BCUT2D eigenvalue weighted by atomic mass is 19.1. The van der Waals surface area contributed by atoms with E-state index in [1.807, 2.05) is 39.0 Å². The molecular formula is C23H23FN2O2. The van der Waals surface area contributed by atoms with E-state index in [0.29, 0.717) is 5.69 Å². The van der Waals surface area contributed by atoms with Crippen molar-refractivity contribution in [2.24, 2.45) is 0 Å². The minimum atomic E-state index is -1.03. The molecule has 0 aliphatic carbocycles. The summed E-state index contributed by atoms with van der Waals surface area (Å²) in [6.07, 6.45) is 8.83. The molecule has 0 aliphatic rings. The van der Waals surface area contributed by atoms with Crippen LogP contribution in [0.3, 0.4) is 0 Å². The summed E-state index contributed by atoms with van der Waals surface area (Å²) in [5.41, 5.74) is 3.96. The maximum atomic E-state index is 13.3. The predicted molar refractivity (Wildman–Crippen MR) is 112 cm³/mol. The Kier molecular flexibility index (Phi) is 7.04. The predicted octanol–water partition coefficient (Wildman–Crippen LogP) is 6.01. The van der Waals surface area contributed by atoms with Crippen LogP contribution in [0.2, 0.25) is 0 Å². The Labute approximate surface area is 164 Å². The molecule has 28 heavy (non-hydrogen) atoms. The molecule has 0 aliphatic heterocycles. The summed E-state index contributed by atoms with van der Waals surface area (Å²) in [6, 6.07) is 9.31. The molecule has 0 atom stereocenters. The lowest BCUT2D eigenvalue weighted by atomic mass is 9.98. The van der Waals surface area contributed by atoms with Gasteiger partial charge in [0.05, 0.1) is 11.1 Å². The van der Waals surface area contributed by atoms with Crippen molar-refractivity contribution in [1.29, 1.82) is 0 Å². The number of halogens is 1. The molecule has 0 fully saturated rings. The maximum Gasteiger partial charge on any atom is 0.337 e. The van der Waals surface area contributed by atoms with E-state index in [1.54, 1.807) is 30.3 Å². The zero-order valence-electron chi connectivity index (χ0n) is 16.2. The molecule has 0 radical (unpaired) electrons. The molecule has 0 bridgehead atoms. The number of rotatable bonds is 5. The maximum absolute atomic E-state index is 13.3. The van der Waals surface area contributed by atoms with Crippen molar-refractivity contribution in [2.75, 3.05) is 0 Å². The molecule has 1 aromatic carbocycles. The lowest BCUT2D eigenvalue weighted by Crippen LogP contribution is -1.99. The van der Waals surface area contributed by atoms with Crippen molar-refractivity contribution in [1.82, 2.24) is 9.61 Å². The summed E-state index contributed by atoms with van der Waals surface area (Å²) in [5, 5.41) is 13.8. The van der Waals surface area contributed by atoms with Gasteiger partial charge in [-0.25, -0.2) is 13.7 Å². The van der Waals surface area contributed by atoms with E-state index in [0.717, 1.165) is 22.2 Å². The topological polar surface area (TPSA) is 54.6 Å². The standard InChI is InChI=1S/C21H17FN2O2.C2H6/c1-3-5-14(6-4-2)19-18-12-9-16(21(25)26)13-24(18)23-20(19)15-7-10-17(22)11-8-15;1-2/h3-13H,1H2,2H3,(H,25,26);1-2H3/b6-4-,14-5+;. The molecule has 2 heterocycles. The van der Waals surface area contributed by atoms with Gasteiger partial charge >= 0.3 is 5.97 Å². The van der Waals surface area contributed by atoms with Gasteiger partial charge < -0.3 is 5.11 Å². The highest BCUT2D eigenvalue weighted by Crippen LogP contribution is 2.33. The molecule has 5 heteroatoms. The quantitative estimate of drug-likeness (QED) is 0.553. The van der Waals surface area contributed by atoms with Crippen molar-refractivity contribution in [2.45, 2.75) is 20.8 Å². The second-order valence-electron chi connectivity index (χ2n) is 5.64. The highest BCUT2D eigenvalue weighted by molar-refractivity contribution is 5.94. The van der Waals surface area contributed by atoms with E-state index in [4.69, 9.17) is 0 Å². The number of aromatic nitrogens is 2. The number of allylic oxidation sites excluding steroid dienone is 5. The fourth-order valence-electron chi connectivity index (χ4n) is 2.80. The number of fused-ring (bicyclic) bond motifs is 1. The van der Waals surface area contributed by atoms with Gasteiger partial charge in [0.1, 0.15) is 11.5 Å². The third-order valence-electron chi connectivity index (χ3n) is 3.93. The van der Waals surface area contributed by atoms with Gasteiger partial charge in [0.25, 0.3) is 0 Å². The Morgan fingerprint density at radius 3 is 2.43 bits per heavy atom. The molecule has 0 saturated carbocycles. The van der Waals surface area contributed by atoms with Crippen LogP contribution in [0.25, 0.3) is 22.3 Å². The largest absolute Gasteiger partial charge is 0.478 e. The number of nitrogens with zero attached hydrogens (tertiary/aromatic N) is 2. The average Bonchev–Trinajstić information content (AvgIpc) is 3.08. The monoisotopic (exact) mass is 378 g/mol. The van der Waals surface area contributed by atoms with E-state index in [1.165, 1.54) is 22.8 Å². The molecule has 1 N–H and O–H groups in total. The Hall–Kier alpha value is -3.47. The number of benzene rings is 1. The van der Waals surface area contributed by atoms with Crippen LogP contribution in [0.5, 0.6) is 0 Å². The number of aromatic carboxylic acids is 1. The first kappa shape index (κ1) is 20.8. The summed E-state index contributed by atoms with van der Waals surface area (Å²) in [7, 11) is 0. The van der Waals surface area contributed by atoms with E-state index in [2.05, 4.69) is 11.7 Å². The van der Waals surface area contributed by atoms with Gasteiger partial charge in [-0.2, -0.15) is 5.10 Å². The number of carboxylic acids is 1. The molecule has 0 spiro atoms. The summed E-state index contributed by atoms with van der Waals surface area (Å²) in [4.78, 5) is 11.3. The van der Waals surface area contributed by atoms with Crippen LogP contribution in [0.4, 0.5) is 4.39 Å². The first-order valence-electron chi connectivity index (χ1n) is 9.02. The Bertz CT molecular complexity index is 1040.